The minimum atomic E-state index is -0.400. The molecule has 0 saturated heterocycles. The molecule has 2 N–H and O–H groups in total. The summed E-state index contributed by atoms with van der Waals surface area (Å²) in [6, 6.07) is 8.87. The second-order valence-corrected chi connectivity index (χ2v) is 4.79. The Labute approximate surface area is 123 Å². The Kier molecular flexibility index (Phi) is 4.42. The number of hydrazine groups is 1. The van der Waals surface area contributed by atoms with Crippen LogP contribution in [0.2, 0.25) is 0 Å². The fourth-order valence-electron chi connectivity index (χ4n) is 2.00. The molecule has 1 heterocycles. The highest BCUT2D eigenvalue weighted by Gasteiger charge is 2.14. The maximum atomic E-state index is 11.9. The number of amides is 2. The van der Waals surface area contributed by atoms with Crippen LogP contribution in [-0.2, 0) is 6.42 Å². The molecule has 0 atom stereocenters. The number of rotatable bonds is 3. The second-order valence-electron chi connectivity index (χ2n) is 4.79. The minimum Gasteiger partial charge on any atom is -0.466 e. The van der Waals surface area contributed by atoms with Gasteiger partial charge in [0, 0.05) is 5.56 Å². The van der Waals surface area contributed by atoms with E-state index in [0.29, 0.717) is 22.6 Å². The molecule has 1 aromatic carbocycles. The number of benzene rings is 1. The Balaban J connectivity index is 1.97. The molecule has 2 amide bonds. The van der Waals surface area contributed by atoms with E-state index in [0.717, 1.165) is 12.0 Å². The smallest absolute Gasteiger partial charge is 0.273 e. The first-order valence-electron chi connectivity index (χ1n) is 6.78. The fourth-order valence-corrected chi connectivity index (χ4v) is 2.00. The predicted molar refractivity (Wildman–Crippen MR) is 78.9 cm³/mol. The second kappa shape index (κ2) is 6.26. The van der Waals surface area contributed by atoms with Crippen molar-refractivity contribution < 1.29 is 14.0 Å². The SMILES string of the molecule is CCc1ccc(C(=O)NNC(=O)c2cc(C)oc2C)cc1. The lowest BCUT2D eigenvalue weighted by atomic mass is 10.1. The summed E-state index contributed by atoms with van der Waals surface area (Å²) in [5.41, 5.74) is 6.83. The summed E-state index contributed by atoms with van der Waals surface area (Å²) in [5, 5.41) is 0. The molecule has 0 saturated carbocycles. The predicted octanol–water partition coefficient (Wildman–Crippen LogP) is 2.53. The summed E-state index contributed by atoms with van der Waals surface area (Å²) < 4.78 is 5.28. The van der Waals surface area contributed by atoms with Gasteiger partial charge in [0.25, 0.3) is 11.8 Å². The van der Waals surface area contributed by atoms with Crippen molar-refractivity contribution in [1.29, 1.82) is 0 Å². The zero-order valence-electron chi connectivity index (χ0n) is 12.3. The molecule has 0 fully saturated rings. The summed E-state index contributed by atoms with van der Waals surface area (Å²) in [5.74, 6) is 0.414. The van der Waals surface area contributed by atoms with Crippen LogP contribution in [0, 0.1) is 13.8 Å². The maximum absolute atomic E-state index is 11.9. The highest BCUT2D eigenvalue weighted by atomic mass is 16.3. The van der Waals surface area contributed by atoms with Crippen LogP contribution >= 0.6 is 0 Å². The monoisotopic (exact) mass is 286 g/mol. The number of carbonyl (C=O) groups excluding carboxylic acids is 2. The lowest BCUT2D eigenvalue weighted by Crippen LogP contribution is -2.41. The van der Waals surface area contributed by atoms with E-state index in [4.69, 9.17) is 4.42 Å². The Morgan fingerprint density at radius 3 is 2.19 bits per heavy atom. The van der Waals surface area contributed by atoms with E-state index in [1.54, 1.807) is 32.0 Å². The van der Waals surface area contributed by atoms with E-state index >= 15 is 0 Å². The van der Waals surface area contributed by atoms with E-state index in [9.17, 15) is 9.59 Å². The molecule has 0 aliphatic rings. The molecule has 2 rings (SSSR count). The molecule has 0 aliphatic carbocycles. The Bertz CT molecular complexity index is 657. The van der Waals surface area contributed by atoms with E-state index in [1.807, 2.05) is 19.1 Å². The summed E-state index contributed by atoms with van der Waals surface area (Å²) in [7, 11) is 0. The lowest BCUT2D eigenvalue weighted by molar-refractivity contribution is 0.0845. The van der Waals surface area contributed by atoms with Crippen molar-refractivity contribution in [1.82, 2.24) is 10.9 Å². The van der Waals surface area contributed by atoms with Crippen LogP contribution in [0.5, 0.6) is 0 Å². The van der Waals surface area contributed by atoms with Crippen molar-refractivity contribution in [3.8, 4) is 0 Å². The van der Waals surface area contributed by atoms with Crippen LogP contribution in [-0.4, -0.2) is 11.8 Å². The first-order chi connectivity index (χ1) is 10.0. The van der Waals surface area contributed by atoms with Gasteiger partial charge in [-0.1, -0.05) is 19.1 Å². The highest BCUT2D eigenvalue weighted by Crippen LogP contribution is 2.13. The first-order valence-corrected chi connectivity index (χ1v) is 6.78. The van der Waals surface area contributed by atoms with Crippen molar-refractivity contribution in [2.75, 3.05) is 0 Å². The van der Waals surface area contributed by atoms with Gasteiger partial charge in [0.15, 0.2) is 0 Å². The van der Waals surface area contributed by atoms with Gasteiger partial charge in [-0.25, -0.2) is 0 Å². The van der Waals surface area contributed by atoms with E-state index in [-0.39, 0.29) is 5.91 Å². The van der Waals surface area contributed by atoms with E-state index < -0.39 is 5.91 Å². The molecular weight excluding hydrogens is 268 g/mol. The van der Waals surface area contributed by atoms with Crippen molar-refractivity contribution in [3.05, 3.63) is 58.5 Å². The van der Waals surface area contributed by atoms with Crippen LogP contribution in [0.4, 0.5) is 0 Å². The van der Waals surface area contributed by atoms with Crippen LogP contribution in [0.25, 0.3) is 0 Å². The van der Waals surface area contributed by atoms with Gasteiger partial charge in [0.1, 0.15) is 11.5 Å². The van der Waals surface area contributed by atoms with Gasteiger partial charge in [-0.05, 0) is 44.0 Å². The van der Waals surface area contributed by atoms with Gasteiger partial charge >= 0.3 is 0 Å². The van der Waals surface area contributed by atoms with Gasteiger partial charge in [-0.15, -0.1) is 0 Å². The van der Waals surface area contributed by atoms with Crippen LogP contribution in [0.1, 0.15) is 44.7 Å². The van der Waals surface area contributed by atoms with Gasteiger partial charge in [0.2, 0.25) is 0 Å². The van der Waals surface area contributed by atoms with Crippen molar-refractivity contribution in [2.24, 2.45) is 0 Å². The molecule has 21 heavy (non-hydrogen) atoms. The zero-order valence-corrected chi connectivity index (χ0v) is 12.3. The van der Waals surface area contributed by atoms with E-state index in [2.05, 4.69) is 10.9 Å². The molecular formula is C16H18N2O3. The normalized spacial score (nSPS) is 10.2. The van der Waals surface area contributed by atoms with Crippen LogP contribution < -0.4 is 10.9 Å². The fraction of sp³-hybridized carbons (Fsp3) is 0.250. The quantitative estimate of drug-likeness (QED) is 0.852. The van der Waals surface area contributed by atoms with Crippen molar-refractivity contribution >= 4 is 11.8 Å². The number of carbonyl (C=O) groups is 2. The molecule has 2 aromatic rings. The summed E-state index contributed by atoms with van der Waals surface area (Å²) in [4.78, 5) is 23.9. The van der Waals surface area contributed by atoms with Gasteiger partial charge in [-0.2, -0.15) is 0 Å². The zero-order chi connectivity index (χ0) is 15.4. The number of hydrogen-bond acceptors (Lipinski definition) is 3. The van der Waals surface area contributed by atoms with Crippen LogP contribution in [0.15, 0.2) is 34.7 Å². The lowest BCUT2D eigenvalue weighted by Gasteiger charge is -2.07. The average Bonchev–Trinajstić information content (AvgIpc) is 2.83. The third-order valence-corrected chi connectivity index (χ3v) is 3.20. The minimum absolute atomic E-state index is 0.358. The van der Waals surface area contributed by atoms with Gasteiger partial charge in [0.05, 0.1) is 5.56 Å². The number of furan rings is 1. The van der Waals surface area contributed by atoms with Gasteiger partial charge < -0.3 is 4.42 Å². The molecule has 0 spiro atoms. The molecule has 0 bridgehead atoms. The highest BCUT2D eigenvalue weighted by molar-refractivity contribution is 5.99. The summed E-state index contributed by atoms with van der Waals surface area (Å²) >= 11 is 0. The number of hydrogen-bond donors (Lipinski definition) is 2. The average molecular weight is 286 g/mol. The van der Waals surface area contributed by atoms with Crippen molar-refractivity contribution in [3.63, 3.8) is 0 Å². The molecule has 1 aromatic heterocycles. The Morgan fingerprint density at radius 1 is 1.05 bits per heavy atom. The number of aryl methyl sites for hydroxylation is 3. The maximum Gasteiger partial charge on any atom is 0.273 e. The molecule has 5 nitrogen and oxygen atoms in total. The standard InChI is InChI=1S/C16H18N2O3/c1-4-12-5-7-13(8-6-12)15(19)17-18-16(20)14-9-10(2)21-11(14)3/h5-9H,4H2,1-3H3,(H,17,19)(H,18,20). The van der Waals surface area contributed by atoms with Gasteiger partial charge in [-0.3, -0.25) is 20.4 Å². The topological polar surface area (TPSA) is 71.3 Å². The number of nitrogens with one attached hydrogen (secondary N) is 2. The third-order valence-electron chi connectivity index (χ3n) is 3.20. The van der Waals surface area contributed by atoms with E-state index in [1.165, 1.54) is 0 Å². The molecule has 0 radical (unpaired) electrons. The summed E-state index contributed by atoms with van der Waals surface area (Å²) in [6.45, 7) is 5.51. The largest absolute Gasteiger partial charge is 0.466 e. The Morgan fingerprint density at radius 2 is 1.67 bits per heavy atom. The third kappa shape index (κ3) is 3.51. The molecule has 0 unspecified atom stereocenters. The molecule has 5 heteroatoms. The molecule has 110 valence electrons. The van der Waals surface area contributed by atoms with Crippen molar-refractivity contribution in [2.45, 2.75) is 27.2 Å². The first kappa shape index (κ1) is 14.8. The molecule has 0 aliphatic heterocycles. The Hall–Kier alpha value is -2.56. The summed E-state index contributed by atoms with van der Waals surface area (Å²) in [6.07, 6.45) is 0.914. The van der Waals surface area contributed by atoms with Crippen LogP contribution in [0.3, 0.4) is 0 Å².